The average Bonchev–Trinajstić information content (AvgIpc) is 2.82. The molecule has 126 valence electrons. The summed E-state index contributed by atoms with van der Waals surface area (Å²) < 4.78 is 11.7. The van der Waals surface area contributed by atoms with Crippen molar-refractivity contribution in [3.63, 3.8) is 0 Å². The summed E-state index contributed by atoms with van der Waals surface area (Å²) in [4.78, 5) is 12.2. The molecule has 1 fully saturated rings. The molecular formula is C19H27NO3. The summed E-state index contributed by atoms with van der Waals surface area (Å²) in [6.07, 6.45) is 5.61. The van der Waals surface area contributed by atoms with Gasteiger partial charge >= 0.3 is 0 Å². The third kappa shape index (κ3) is 3.80. The molecule has 1 aromatic carbocycles. The molecule has 1 heterocycles. The summed E-state index contributed by atoms with van der Waals surface area (Å²) in [6, 6.07) is 6.17. The maximum Gasteiger partial charge on any atom is 0.258 e. The van der Waals surface area contributed by atoms with Crippen LogP contribution in [0.5, 0.6) is 11.5 Å². The van der Waals surface area contributed by atoms with Crippen molar-refractivity contribution < 1.29 is 14.3 Å². The van der Waals surface area contributed by atoms with Crippen LogP contribution in [0.4, 0.5) is 0 Å². The summed E-state index contributed by atoms with van der Waals surface area (Å²) in [7, 11) is 0. The van der Waals surface area contributed by atoms with Gasteiger partial charge in [0, 0.05) is 18.0 Å². The van der Waals surface area contributed by atoms with Crippen molar-refractivity contribution in [3.05, 3.63) is 23.8 Å². The first-order valence-corrected chi connectivity index (χ1v) is 8.68. The molecule has 0 bridgehead atoms. The minimum absolute atomic E-state index is 0.0430. The van der Waals surface area contributed by atoms with Crippen LogP contribution in [0.2, 0.25) is 0 Å². The Labute approximate surface area is 138 Å². The van der Waals surface area contributed by atoms with Crippen LogP contribution in [-0.4, -0.2) is 24.2 Å². The van der Waals surface area contributed by atoms with Gasteiger partial charge < -0.3 is 14.8 Å². The first-order chi connectivity index (χ1) is 10.9. The molecule has 0 unspecified atom stereocenters. The zero-order chi connectivity index (χ0) is 16.4. The van der Waals surface area contributed by atoms with Gasteiger partial charge in [-0.15, -0.1) is 0 Å². The number of nitrogens with one attached hydrogen (secondary N) is 1. The summed E-state index contributed by atoms with van der Waals surface area (Å²) in [5.74, 6) is 1.97. The molecule has 2 atom stereocenters. The monoisotopic (exact) mass is 317 g/mol. The van der Waals surface area contributed by atoms with Crippen molar-refractivity contribution in [2.24, 2.45) is 5.92 Å². The highest BCUT2D eigenvalue weighted by atomic mass is 16.5. The lowest BCUT2D eigenvalue weighted by Gasteiger charge is -2.29. The van der Waals surface area contributed by atoms with Crippen molar-refractivity contribution in [2.75, 3.05) is 6.61 Å². The van der Waals surface area contributed by atoms with E-state index in [9.17, 15) is 4.79 Å². The molecule has 4 nitrogen and oxygen atoms in total. The zero-order valence-electron chi connectivity index (χ0n) is 14.4. The number of hydrogen-bond donors (Lipinski definition) is 1. The molecule has 3 rings (SSSR count). The van der Waals surface area contributed by atoms with Crippen molar-refractivity contribution >= 4 is 5.91 Å². The van der Waals surface area contributed by atoms with Gasteiger partial charge in [-0.1, -0.05) is 31.9 Å². The highest BCUT2D eigenvalue weighted by Crippen LogP contribution is 2.41. The second-order valence-corrected chi connectivity index (χ2v) is 7.51. The first-order valence-electron chi connectivity index (χ1n) is 8.68. The van der Waals surface area contributed by atoms with Gasteiger partial charge in [0.1, 0.15) is 5.60 Å². The van der Waals surface area contributed by atoms with E-state index in [4.69, 9.17) is 9.47 Å². The van der Waals surface area contributed by atoms with Crippen LogP contribution >= 0.6 is 0 Å². The largest absolute Gasteiger partial charge is 0.483 e. The fraction of sp³-hybridized carbons (Fsp3) is 0.632. The Bertz CT molecular complexity index is 582. The predicted octanol–water partition coefficient (Wildman–Crippen LogP) is 3.47. The average molecular weight is 317 g/mol. The molecule has 2 aliphatic rings. The van der Waals surface area contributed by atoms with Crippen LogP contribution in [0.25, 0.3) is 0 Å². The van der Waals surface area contributed by atoms with Gasteiger partial charge in [0.05, 0.1) is 0 Å². The van der Waals surface area contributed by atoms with Crippen LogP contribution in [0.3, 0.4) is 0 Å². The normalized spacial score (nSPS) is 25.3. The van der Waals surface area contributed by atoms with E-state index < -0.39 is 0 Å². The van der Waals surface area contributed by atoms with Gasteiger partial charge in [-0.2, -0.15) is 0 Å². The molecule has 0 saturated heterocycles. The highest BCUT2D eigenvalue weighted by Gasteiger charge is 2.32. The van der Waals surface area contributed by atoms with Crippen molar-refractivity contribution in [1.82, 2.24) is 5.32 Å². The molecular weight excluding hydrogens is 290 g/mol. The second kappa shape index (κ2) is 6.42. The molecule has 0 aromatic heterocycles. The van der Waals surface area contributed by atoms with E-state index in [0.717, 1.165) is 24.2 Å². The number of amides is 1. The molecule has 1 aliphatic heterocycles. The molecule has 1 aromatic rings. The molecule has 1 N–H and O–H groups in total. The van der Waals surface area contributed by atoms with E-state index in [1.807, 2.05) is 12.1 Å². The third-order valence-electron chi connectivity index (χ3n) is 4.87. The number of para-hydroxylation sites is 1. The van der Waals surface area contributed by atoms with Gasteiger partial charge in [-0.25, -0.2) is 0 Å². The maximum absolute atomic E-state index is 12.2. The van der Waals surface area contributed by atoms with Crippen molar-refractivity contribution in [3.8, 4) is 11.5 Å². The van der Waals surface area contributed by atoms with Crippen LogP contribution in [0.15, 0.2) is 18.2 Å². The standard InChI is InChI=1S/C19H27NO3/c1-13-7-4-5-9-15(13)20-17(21)12-22-16-10-6-8-14-11-19(2,3)23-18(14)16/h6,8,10,13,15H,4-5,7,9,11-12H2,1-3H3,(H,20,21)/t13-,15-/m0/s1. The predicted molar refractivity (Wildman–Crippen MR) is 89.9 cm³/mol. The van der Waals surface area contributed by atoms with Gasteiger partial charge in [0.2, 0.25) is 0 Å². The van der Waals surface area contributed by atoms with Crippen LogP contribution in [0.1, 0.15) is 52.0 Å². The number of benzene rings is 1. The van der Waals surface area contributed by atoms with Crippen LogP contribution in [0, 0.1) is 5.92 Å². The van der Waals surface area contributed by atoms with Crippen molar-refractivity contribution in [2.45, 2.75) is 64.5 Å². The summed E-state index contributed by atoms with van der Waals surface area (Å²) >= 11 is 0. The minimum atomic E-state index is -0.207. The van der Waals surface area contributed by atoms with E-state index in [1.165, 1.54) is 19.3 Å². The molecule has 1 aliphatic carbocycles. The third-order valence-corrected chi connectivity index (χ3v) is 4.87. The van der Waals surface area contributed by atoms with Crippen LogP contribution in [-0.2, 0) is 11.2 Å². The van der Waals surface area contributed by atoms with Gasteiger partial charge in [-0.3, -0.25) is 4.79 Å². The Hall–Kier alpha value is -1.71. The van der Waals surface area contributed by atoms with Gasteiger partial charge in [0.15, 0.2) is 18.1 Å². The molecule has 0 spiro atoms. The first kappa shape index (κ1) is 16.2. The van der Waals surface area contributed by atoms with Gasteiger partial charge in [0.25, 0.3) is 5.91 Å². The van der Waals surface area contributed by atoms with E-state index in [-0.39, 0.29) is 24.2 Å². The van der Waals surface area contributed by atoms with Crippen LogP contribution < -0.4 is 14.8 Å². The molecule has 1 amide bonds. The number of fused-ring (bicyclic) bond motifs is 1. The fourth-order valence-corrected chi connectivity index (χ4v) is 3.62. The zero-order valence-corrected chi connectivity index (χ0v) is 14.4. The lowest BCUT2D eigenvalue weighted by Crippen LogP contribution is -2.43. The topological polar surface area (TPSA) is 47.6 Å². The minimum Gasteiger partial charge on any atom is -0.483 e. The van der Waals surface area contributed by atoms with E-state index >= 15 is 0 Å². The van der Waals surface area contributed by atoms with Crippen molar-refractivity contribution in [1.29, 1.82) is 0 Å². The quantitative estimate of drug-likeness (QED) is 0.925. The van der Waals surface area contributed by atoms with Gasteiger partial charge in [-0.05, 0) is 38.7 Å². The molecule has 23 heavy (non-hydrogen) atoms. The molecule has 1 saturated carbocycles. The Balaban J connectivity index is 1.57. The number of carbonyl (C=O) groups excluding carboxylic acids is 1. The SMILES string of the molecule is C[C@H]1CCCC[C@@H]1NC(=O)COc1cccc2c1OC(C)(C)C2. The van der Waals surface area contributed by atoms with E-state index in [2.05, 4.69) is 32.2 Å². The Kier molecular flexibility index (Phi) is 4.51. The second-order valence-electron chi connectivity index (χ2n) is 7.51. The smallest absolute Gasteiger partial charge is 0.258 e. The molecule has 0 radical (unpaired) electrons. The summed E-state index contributed by atoms with van der Waals surface area (Å²) in [5.41, 5.74) is 0.940. The number of hydrogen-bond acceptors (Lipinski definition) is 3. The number of rotatable bonds is 4. The maximum atomic E-state index is 12.2. The highest BCUT2D eigenvalue weighted by molar-refractivity contribution is 5.78. The Morgan fingerprint density at radius 3 is 2.91 bits per heavy atom. The Morgan fingerprint density at radius 1 is 1.35 bits per heavy atom. The summed E-state index contributed by atoms with van der Waals surface area (Å²) in [6.45, 7) is 6.39. The number of ether oxygens (including phenoxy) is 2. The van der Waals surface area contributed by atoms with E-state index in [1.54, 1.807) is 0 Å². The summed E-state index contributed by atoms with van der Waals surface area (Å²) in [5, 5.41) is 3.12. The van der Waals surface area contributed by atoms with E-state index in [0.29, 0.717) is 11.7 Å². The number of carbonyl (C=O) groups is 1. The Morgan fingerprint density at radius 2 is 2.13 bits per heavy atom. The molecule has 4 heteroatoms. The fourth-order valence-electron chi connectivity index (χ4n) is 3.62. The lowest BCUT2D eigenvalue weighted by molar-refractivity contribution is -0.124. The lowest BCUT2D eigenvalue weighted by atomic mass is 9.86.